The molecule has 0 radical (unpaired) electrons. The Balaban J connectivity index is 1.42. The van der Waals surface area contributed by atoms with Gasteiger partial charge in [0.1, 0.15) is 0 Å². The summed E-state index contributed by atoms with van der Waals surface area (Å²) in [6.07, 6.45) is 6.31. The van der Waals surface area contributed by atoms with E-state index in [9.17, 15) is 9.59 Å². The molecular formula is C23H32N2O2. The molecule has 1 saturated carbocycles. The standard InChI is InChI=1S/C23H32N2O2/c1-16-12-17(2)21(18(3)13-16)22(27)24-10-8-23(9-11-24)7-6-20(26)25(15-23)14-19-4-5-19/h12-13,19H,4-11,14-15H2,1-3H3. The Morgan fingerprint density at radius 2 is 1.70 bits per heavy atom. The molecular weight excluding hydrogens is 336 g/mol. The first-order chi connectivity index (χ1) is 12.9. The van der Waals surface area contributed by atoms with Gasteiger partial charge in [0.2, 0.25) is 5.91 Å². The molecule has 2 amide bonds. The van der Waals surface area contributed by atoms with Crippen LogP contribution >= 0.6 is 0 Å². The summed E-state index contributed by atoms with van der Waals surface area (Å²) in [5.74, 6) is 1.27. The molecule has 4 rings (SSSR count). The number of carbonyl (C=O) groups is 2. The lowest BCUT2D eigenvalue weighted by molar-refractivity contribution is -0.139. The summed E-state index contributed by atoms with van der Waals surface area (Å²) in [4.78, 5) is 29.6. The topological polar surface area (TPSA) is 40.6 Å². The van der Waals surface area contributed by atoms with Crippen LogP contribution in [0.1, 0.15) is 65.6 Å². The summed E-state index contributed by atoms with van der Waals surface area (Å²) in [6.45, 7) is 9.67. The van der Waals surface area contributed by atoms with Crippen molar-refractivity contribution in [1.82, 2.24) is 9.80 Å². The minimum atomic E-state index is 0.182. The molecule has 2 saturated heterocycles. The van der Waals surface area contributed by atoms with E-state index in [1.807, 2.05) is 18.7 Å². The largest absolute Gasteiger partial charge is 0.342 e. The summed E-state index contributed by atoms with van der Waals surface area (Å²) in [6, 6.07) is 4.21. The minimum Gasteiger partial charge on any atom is -0.342 e. The summed E-state index contributed by atoms with van der Waals surface area (Å²) >= 11 is 0. The van der Waals surface area contributed by atoms with Gasteiger partial charge in [-0.3, -0.25) is 9.59 Å². The molecule has 1 aliphatic carbocycles. The zero-order valence-electron chi connectivity index (χ0n) is 17.0. The zero-order chi connectivity index (χ0) is 19.2. The van der Waals surface area contributed by atoms with Gasteiger partial charge in [0, 0.05) is 38.2 Å². The van der Waals surface area contributed by atoms with Crippen molar-refractivity contribution in [2.45, 2.75) is 59.3 Å². The maximum Gasteiger partial charge on any atom is 0.254 e. The van der Waals surface area contributed by atoms with E-state index < -0.39 is 0 Å². The van der Waals surface area contributed by atoms with E-state index in [1.54, 1.807) is 0 Å². The Bertz CT molecular complexity index is 735. The predicted molar refractivity (Wildman–Crippen MR) is 107 cm³/mol. The summed E-state index contributed by atoms with van der Waals surface area (Å²) < 4.78 is 0. The first-order valence-corrected chi connectivity index (χ1v) is 10.5. The minimum absolute atomic E-state index is 0.182. The third-order valence-electron chi connectivity index (χ3n) is 6.93. The number of carbonyl (C=O) groups excluding carboxylic acids is 2. The molecule has 0 atom stereocenters. The van der Waals surface area contributed by atoms with Gasteiger partial charge < -0.3 is 9.80 Å². The van der Waals surface area contributed by atoms with Crippen LogP contribution in [0.5, 0.6) is 0 Å². The van der Waals surface area contributed by atoms with Crippen LogP contribution in [0.25, 0.3) is 0 Å². The second-order valence-corrected chi connectivity index (χ2v) is 9.28. The average molecular weight is 369 g/mol. The van der Waals surface area contributed by atoms with Crippen molar-refractivity contribution in [2.24, 2.45) is 11.3 Å². The van der Waals surface area contributed by atoms with Crippen LogP contribution < -0.4 is 0 Å². The number of amides is 2. The molecule has 2 heterocycles. The van der Waals surface area contributed by atoms with Gasteiger partial charge in [-0.25, -0.2) is 0 Å². The molecule has 0 unspecified atom stereocenters. The highest BCUT2D eigenvalue weighted by molar-refractivity contribution is 5.97. The number of likely N-dealkylation sites (tertiary alicyclic amines) is 2. The van der Waals surface area contributed by atoms with Gasteiger partial charge in [-0.05, 0) is 75.3 Å². The summed E-state index contributed by atoms with van der Waals surface area (Å²) in [5, 5.41) is 0. The van der Waals surface area contributed by atoms with Crippen LogP contribution in [0.15, 0.2) is 12.1 Å². The van der Waals surface area contributed by atoms with E-state index in [-0.39, 0.29) is 11.3 Å². The Morgan fingerprint density at radius 1 is 1.07 bits per heavy atom. The van der Waals surface area contributed by atoms with Crippen molar-refractivity contribution in [3.05, 3.63) is 34.4 Å². The van der Waals surface area contributed by atoms with Gasteiger partial charge in [-0.1, -0.05) is 17.7 Å². The number of rotatable bonds is 3. The van der Waals surface area contributed by atoms with Gasteiger partial charge in [-0.15, -0.1) is 0 Å². The molecule has 2 aliphatic heterocycles. The number of nitrogens with zero attached hydrogens (tertiary/aromatic N) is 2. The Hall–Kier alpha value is -1.84. The SMILES string of the molecule is Cc1cc(C)c(C(=O)N2CCC3(CCC(=O)N(CC4CC4)C3)CC2)c(C)c1. The smallest absolute Gasteiger partial charge is 0.254 e. The molecule has 4 heteroatoms. The average Bonchev–Trinajstić information content (AvgIpc) is 3.42. The maximum atomic E-state index is 13.2. The lowest BCUT2D eigenvalue weighted by Gasteiger charge is -2.47. The van der Waals surface area contributed by atoms with Gasteiger partial charge >= 0.3 is 0 Å². The third kappa shape index (κ3) is 3.76. The van der Waals surface area contributed by atoms with Crippen LogP contribution in [-0.4, -0.2) is 47.8 Å². The first-order valence-electron chi connectivity index (χ1n) is 10.5. The third-order valence-corrected chi connectivity index (χ3v) is 6.93. The van der Waals surface area contributed by atoms with E-state index in [1.165, 1.54) is 18.4 Å². The van der Waals surface area contributed by atoms with Gasteiger partial charge in [-0.2, -0.15) is 0 Å². The summed E-state index contributed by atoms with van der Waals surface area (Å²) in [5.41, 5.74) is 4.48. The highest BCUT2D eigenvalue weighted by atomic mass is 16.2. The molecule has 3 aliphatic rings. The normalized spacial score (nSPS) is 22.4. The lowest BCUT2D eigenvalue weighted by atomic mass is 9.72. The van der Waals surface area contributed by atoms with Gasteiger partial charge in [0.25, 0.3) is 5.91 Å². The summed E-state index contributed by atoms with van der Waals surface area (Å²) in [7, 11) is 0. The number of aryl methyl sites for hydroxylation is 3. The molecule has 4 nitrogen and oxygen atoms in total. The van der Waals surface area contributed by atoms with E-state index in [0.717, 1.165) is 68.0 Å². The molecule has 1 aromatic rings. The fourth-order valence-corrected chi connectivity index (χ4v) is 5.15. The van der Waals surface area contributed by atoms with E-state index >= 15 is 0 Å². The molecule has 1 aromatic carbocycles. The molecule has 0 bridgehead atoms. The van der Waals surface area contributed by atoms with E-state index in [0.29, 0.717) is 12.3 Å². The lowest BCUT2D eigenvalue weighted by Crippen LogP contribution is -2.52. The molecule has 27 heavy (non-hydrogen) atoms. The second kappa shape index (κ2) is 6.96. The van der Waals surface area contributed by atoms with Crippen molar-refractivity contribution in [2.75, 3.05) is 26.2 Å². The quantitative estimate of drug-likeness (QED) is 0.813. The molecule has 1 spiro atoms. The number of hydrogen-bond donors (Lipinski definition) is 0. The Kier molecular flexibility index (Phi) is 4.77. The molecule has 146 valence electrons. The maximum absolute atomic E-state index is 13.2. The zero-order valence-corrected chi connectivity index (χ0v) is 17.0. The van der Waals surface area contributed by atoms with Crippen molar-refractivity contribution in [3.63, 3.8) is 0 Å². The van der Waals surface area contributed by atoms with Crippen molar-refractivity contribution in [1.29, 1.82) is 0 Å². The molecule has 0 N–H and O–H groups in total. The Morgan fingerprint density at radius 3 is 2.30 bits per heavy atom. The number of benzene rings is 1. The fourth-order valence-electron chi connectivity index (χ4n) is 5.15. The van der Waals surface area contributed by atoms with E-state index in [4.69, 9.17) is 0 Å². The molecule has 0 aromatic heterocycles. The van der Waals surface area contributed by atoms with Crippen LogP contribution in [0, 0.1) is 32.1 Å². The van der Waals surface area contributed by atoms with Crippen LogP contribution in [0.2, 0.25) is 0 Å². The van der Waals surface area contributed by atoms with Crippen LogP contribution in [0.4, 0.5) is 0 Å². The van der Waals surface area contributed by atoms with Crippen LogP contribution in [0.3, 0.4) is 0 Å². The predicted octanol–water partition coefficient (Wildman–Crippen LogP) is 3.87. The monoisotopic (exact) mass is 368 g/mol. The Labute approximate surface area is 162 Å². The highest BCUT2D eigenvalue weighted by Gasteiger charge is 2.43. The van der Waals surface area contributed by atoms with Gasteiger partial charge in [0.05, 0.1) is 0 Å². The molecule has 3 fully saturated rings. The van der Waals surface area contributed by atoms with Crippen molar-refractivity contribution < 1.29 is 9.59 Å². The number of piperidine rings is 2. The van der Waals surface area contributed by atoms with E-state index in [2.05, 4.69) is 24.0 Å². The van der Waals surface area contributed by atoms with Crippen molar-refractivity contribution in [3.8, 4) is 0 Å². The number of hydrogen-bond acceptors (Lipinski definition) is 2. The fraction of sp³-hybridized carbons (Fsp3) is 0.652. The van der Waals surface area contributed by atoms with Crippen molar-refractivity contribution >= 4 is 11.8 Å². The first kappa shape index (κ1) is 18.5. The second-order valence-electron chi connectivity index (χ2n) is 9.28. The van der Waals surface area contributed by atoms with Gasteiger partial charge in [0.15, 0.2) is 0 Å². The van der Waals surface area contributed by atoms with Crippen LogP contribution in [-0.2, 0) is 4.79 Å². The highest BCUT2D eigenvalue weighted by Crippen LogP contribution is 2.42.